The molecule has 1 aliphatic carbocycles. The number of nitrogens with zero attached hydrogens (tertiary/aromatic N) is 3. The molecule has 2 aliphatic rings. The van der Waals surface area contributed by atoms with Gasteiger partial charge in [-0.2, -0.15) is 0 Å². The molecule has 7 nitrogen and oxygen atoms in total. The van der Waals surface area contributed by atoms with Crippen LogP contribution in [0.4, 0.5) is 5.69 Å². The first-order valence-electron chi connectivity index (χ1n) is 13.9. The highest BCUT2D eigenvalue weighted by molar-refractivity contribution is 7.15. The average molecular weight is 544 g/mol. The second kappa shape index (κ2) is 12.7. The molecule has 0 radical (unpaired) electrons. The summed E-state index contributed by atoms with van der Waals surface area (Å²) < 4.78 is 0. The molecule has 1 atom stereocenters. The van der Waals surface area contributed by atoms with Crippen LogP contribution in [-0.4, -0.2) is 72.0 Å². The molecule has 1 saturated heterocycles. The van der Waals surface area contributed by atoms with Gasteiger partial charge in [-0.3, -0.25) is 9.59 Å². The molecule has 1 N–H and O–H groups in total. The van der Waals surface area contributed by atoms with Gasteiger partial charge in [0.1, 0.15) is 4.88 Å². The van der Waals surface area contributed by atoms with Crippen LogP contribution in [0.15, 0.2) is 6.07 Å². The SMILES string of the molecule is CC1CCC(C(=O)N(c2cc(C#CC(C)(C)C)sc2C(=O)O)[C@@H](C)CC(=O)N(C)C2CCN(C)CC2)CC1. The molecule has 2 amide bonds. The van der Waals surface area contributed by atoms with E-state index in [2.05, 4.69) is 30.7 Å². The van der Waals surface area contributed by atoms with Crippen LogP contribution in [0, 0.1) is 29.1 Å². The summed E-state index contributed by atoms with van der Waals surface area (Å²) in [5.41, 5.74) is 0.131. The summed E-state index contributed by atoms with van der Waals surface area (Å²) in [6, 6.07) is 1.45. The van der Waals surface area contributed by atoms with Gasteiger partial charge in [-0.25, -0.2) is 4.79 Å². The fourth-order valence-corrected chi connectivity index (χ4v) is 6.22. The molecule has 1 aromatic heterocycles. The molecule has 0 bridgehead atoms. The van der Waals surface area contributed by atoms with Crippen LogP contribution in [0.25, 0.3) is 0 Å². The second-order valence-electron chi connectivity index (χ2n) is 12.4. The summed E-state index contributed by atoms with van der Waals surface area (Å²) in [5, 5.41) is 10.1. The molecule has 38 heavy (non-hydrogen) atoms. The number of anilines is 1. The lowest BCUT2D eigenvalue weighted by atomic mass is 9.82. The highest BCUT2D eigenvalue weighted by atomic mass is 32.1. The van der Waals surface area contributed by atoms with Gasteiger partial charge >= 0.3 is 5.97 Å². The standard InChI is InChI=1S/C30H45N3O4S/c1-20-8-10-22(11-9-20)28(35)33(21(2)18-26(34)32(7)23-13-16-31(6)17-14-23)25-19-24(12-15-30(3,4)5)38-27(25)29(36)37/h19-23H,8-11,13-14,16-18H2,1-7H3,(H,36,37)/t20?,21-,22?/m0/s1. The maximum Gasteiger partial charge on any atom is 0.348 e. The fraction of sp³-hybridized carbons (Fsp3) is 0.700. The first-order valence-corrected chi connectivity index (χ1v) is 14.8. The monoisotopic (exact) mass is 543 g/mol. The van der Waals surface area contributed by atoms with Crippen LogP contribution in [0.1, 0.15) is 94.1 Å². The number of piperidine rings is 1. The Hall–Kier alpha value is -2.37. The van der Waals surface area contributed by atoms with Crippen molar-refractivity contribution in [2.45, 2.75) is 91.6 Å². The molecule has 0 spiro atoms. The highest BCUT2D eigenvalue weighted by Gasteiger charge is 2.36. The zero-order valence-corrected chi connectivity index (χ0v) is 25.0. The molecular formula is C30H45N3O4S. The molecular weight excluding hydrogens is 498 g/mol. The van der Waals surface area contributed by atoms with Gasteiger partial charge < -0.3 is 19.8 Å². The molecule has 2 heterocycles. The Morgan fingerprint density at radius 1 is 1.13 bits per heavy atom. The van der Waals surface area contributed by atoms with E-state index in [0.717, 1.165) is 63.0 Å². The smallest absolute Gasteiger partial charge is 0.348 e. The van der Waals surface area contributed by atoms with Gasteiger partial charge in [-0.15, -0.1) is 11.3 Å². The molecule has 1 aromatic rings. The van der Waals surface area contributed by atoms with E-state index >= 15 is 0 Å². The predicted molar refractivity (Wildman–Crippen MR) is 154 cm³/mol. The van der Waals surface area contributed by atoms with E-state index in [9.17, 15) is 19.5 Å². The number of carbonyl (C=O) groups is 3. The average Bonchev–Trinajstić information content (AvgIpc) is 3.27. The van der Waals surface area contributed by atoms with E-state index in [1.54, 1.807) is 11.0 Å². The van der Waals surface area contributed by atoms with Crippen molar-refractivity contribution >= 4 is 34.8 Å². The van der Waals surface area contributed by atoms with Crippen molar-refractivity contribution in [2.24, 2.45) is 17.3 Å². The van der Waals surface area contributed by atoms with E-state index in [-0.39, 0.29) is 40.5 Å². The van der Waals surface area contributed by atoms with Crippen molar-refractivity contribution in [2.75, 3.05) is 32.1 Å². The minimum Gasteiger partial charge on any atom is -0.477 e. The first kappa shape index (κ1) is 30.2. The summed E-state index contributed by atoms with van der Waals surface area (Å²) in [5.74, 6) is 5.54. The minimum atomic E-state index is -1.08. The molecule has 2 fully saturated rings. The number of thiophene rings is 1. The van der Waals surface area contributed by atoms with E-state index in [4.69, 9.17) is 0 Å². The molecule has 210 valence electrons. The minimum absolute atomic E-state index is 0.0121. The maximum atomic E-state index is 14.0. The van der Waals surface area contributed by atoms with E-state index in [0.29, 0.717) is 16.5 Å². The molecule has 8 heteroatoms. The van der Waals surface area contributed by atoms with Gasteiger partial charge in [0, 0.05) is 36.9 Å². The number of amides is 2. The number of rotatable bonds is 7. The highest BCUT2D eigenvalue weighted by Crippen LogP contribution is 2.37. The van der Waals surface area contributed by atoms with E-state index in [1.165, 1.54) is 0 Å². The molecule has 1 saturated carbocycles. The molecule has 1 aliphatic heterocycles. The maximum absolute atomic E-state index is 14.0. The van der Waals surface area contributed by atoms with Crippen molar-refractivity contribution in [1.29, 1.82) is 0 Å². The van der Waals surface area contributed by atoms with Gasteiger partial charge in [0.2, 0.25) is 11.8 Å². The van der Waals surface area contributed by atoms with E-state index < -0.39 is 12.0 Å². The lowest BCUT2D eigenvalue weighted by molar-refractivity contribution is -0.133. The number of hydrogen-bond acceptors (Lipinski definition) is 5. The Kier molecular flexibility index (Phi) is 10.0. The molecule has 3 rings (SSSR count). The summed E-state index contributed by atoms with van der Waals surface area (Å²) in [7, 11) is 3.95. The van der Waals surface area contributed by atoms with Crippen LogP contribution in [0.5, 0.6) is 0 Å². The zero-order valence-electron chi connectivity index (χ0n) is 24.2. The second-order valence-corrected chi connectivity index (χ2v) is 13.4. The van der Waals surface area contributed by atoms with Crippen molar-refractivity contribution < 1.29 is 19.5 Å². The first-order chi connectivity index (χ1) is 17.8. The number of hydrogen-bond donors (Lipinski definition) is 1. The van der Waals surface area contributed by atoms with Crippen LogP contribution in [-0.2, 0) is 9.59 Å². The Bertz CT molecular complexity index is 1060. The lowest BCUT2D eigenvalue weighted by Gasteiger charge is -2.37. The van der Waals surface area contributed by atoms with E-state index in [1.807, 2.05) is 39.6 Å². The van der Waals surface area contributed by atoms with Crippen molar-refractivity contribution in [3.8, 4) is 11.8 Å². The van der Waals surface area contributed by atoms with Crippen LogP contribution >= 0.6 is 11.3 Å². The Labute approximate surface area is 232 Å². The van der Waals surface area contributed by atoms with Gasteiger partial charge in [-0.1, -0.05) is 18.8 Å². The third kappa shape index (κ3) is 7.83. The van der Waals surface area contributed by atoms with Crippen molar-refractivity contribution in [3.63, 3.8) is 0 Å². The van der Waals surface area contributed by atoms with Gasteiger partial charge in [0.15, 0.2) is 0 Å². The lowest BCUT2D eigenvalue weighted by Crippen LogP contribution is -2.48. The Morgan fingerprint density at radius 3 is 2.29 bits per heavy atom. The fourth-order valence-electron chi connectivity index (χ4n) is 5.38. The largest absolute Gasteiger partial charge is 0.477 e. The Morgan fingerprint density at radius 2 is 1.74 bits per heavy atom. The summed E-state index contributed by atoms with van der Waals surface area (Å²) >= 11 is 1.10. The number of carboxylic acid groups (broad SMARTS) is 1. The summed E-state index contributed by atoms with van der Waals surface area (Å²) in [6.45, 7) is 12.0. The number of likely N-dealkylation sites (tertiary alicyclic amines) is 1. The summed E-state index contributed by atoms with van der Waals surface area (Å²) in [4.78, 5) is 46.1. The third-order valence-electron chi connectivity index (χ3n) is 7.87. The zero-order chi connectivity index (χ0) is 28.2. The number of carbonyl (C=O) groups excluding carboxylic acids is 2. The van der Waals surface area contributed by atoms with Crippen LogP contribution in [0.3, 0.4) is 0 Å². The molecule has 0 aromatic carbocycles. The predicted octanol–water partition coefficient (Wildman–Crippen LogP) is 5.33. The summed E-state index contributed by atoms with van der Waals surface area (Å²) in [6.07, 6.45) is 5.54. The normalized spacial score (nSPS) is 21.8. The number of carboxylic acids is 1. The topological polar surface area (TPSA) is 81.2 Å². The van der Waals surface area contributed by atoms with Gasteiger partial charge in [-0.05, 0) is 98.3 Å². The quantitative estimate of drug-likeness (QED) is 0.470. The third-order valence-corrected chi connectivity index (χ3v) is 8.90. The van der Waals surface area contributed by atoms with Crippen molar-refractivity contribution in [1.82, 2.24) is 9.80 Å². The van der Waals surface area contributed by atoms with Crippen molar-refractivity contribution in [3.05, 3.63) is 15.8 Å². The van der Waals surface area contributed by atoms with Crippen LogP contribution < -0.4 is 4.90 Å². The van der Waals surface area contributed by atoms with Gasteiger partial charge in [0.05, 0.1) is 10.6 Å². The number of aromatic carboxylic acids is 1. The van der Waals surface area contributed by atoms with Gasteiger partial charge in [0.25, 0.3) is 0 Å². The Balaban J connectivity index is 1.92. The molecule has 0 unspecified atom stereocenters. The van der Waals surface area contributed by atoms with Crippen LogP contribution in [0.2, 0.25) is 0 Å².